The summed E-state index contributed by atoms with van der Waals surface area (Å²) in [5, 5.41) is 4.54. The predicted octanol–water partition coefficient (Wildman–Crippen LogP) is 3.52. The van der Waals surface area contributed by atoms with Crippen LogP contribution in [0.4, 0.5) is 0 Å². The molecule has 4 nitrogen and oxygen atoms in total. The minimum absolute atomic E-state index is 0.0812. The van der Waals surface area contributed by atoms with Crippen molar-refractivity contribution in [2.24, 2.45) is 0 Å². The number of hydrogen-bond acceptors (Lipinski definition) is 4. The summed E-state index contributed by atoms with van der Waals surface area (Å²) in [6.07, 6.45) is 2.34. The minimum atomic E-state index is -3.56. The summed E-state index contributed by atoms with van der Waals surface area (Å²) in [4.78, 5) is 2.55. The van der Waals surface area contributed by atoms with Gasteiger partial charge in [0, 0.05) is 17.6 Å². The van der Waals surface area contributed by atoms with Crippen LogP contribution in [0, 0.1) is 0 Å². The highest BCUT2D eigenvalue weighted by Crippen LogP contribution is 2.27. The molecule has 23 heavy (non-hydrogen) atoms. The molecule has 1 aliphatic rings. The molecule has 124 valence electrons. The summed E-state index contributed by atoms with van der Waals surface area (Å²) in [6, 6.07) is 8.49. The monoisotopic (exact) mass is 370 g/mol. The van der Waals surface area contributed by atoms with Gasteiger partial charge in [0.1, 0.15) is 0 Å². The van der Waals surface area contributed by atoms with Crippen molar-refractivity contribution in [3.8, 4) is 0 Å². The van der Waals surface area contributed by atoms with E-state index >= 15 is 0 Å². The van der Waals surface area contributed by atoms with Crippen LogP contribution in [0.3, 0.4) is 0 Å². The summed E-state index contributed by atoms with van der Waals surface area (Å²) in [5.41, 5.74) is 1.17. The average molecular weight is 371 g/mol. The molecule has 2 heterocycles. The van der Waals surface area contributed by atoms with Crippen molar-refractivity contribution >= 4 is 33.0 Å². The van der Waals surface area contributed by atoms with Crippen LogP contribution in [-0.2, 0) is 10.0 Å². The van der Waals surface area contributed by atoms with E-state index in [0.29, 0.717) is 11.6 Å². The Kier molecular flexibility index (Phi) is 5.38. The molecule has 1 aliphatic heterocycles. The van der Waals surface area contributed by atoms with Gasteiger partial charge < -0.3 is 0 Å². The molecule has 0 amide bonds. The van der Waals surface area contributed by atoms with Crippen LogP contribution < -0.4 is 4.72 Å². The van der Waals surface area contributed by atoms with Crippen molar-refractivity contribution in [2.75, 3.05) is 19.6 Å². The fourth-order valence-electron chi connectivity index (χ4n) is 2.88. The normalized spacial score (nSPS) is 17.4. The van der Waals surface area contributed by atoms with Crippen molar-refractivity contribution < 1.29 is 8.42 Å². The Hall–Kier alpha value is -0.920. The third kappa shape index (κ3) is 4.14. The number of rotatable bonds is 6. The first-order valence-electron chi connectivity index (χ1n) is 7.58. The fraction of sp³-hybridized carbons (Fsp3) is 0.375. The van der Waals surface area contributed by atoms with Gasteiger partial charge in [-0.3, -0.25) is 4.90 Å². The van der Waals surface area contributed by atoms with Crippen molar-refractivity contribution in [3.63, 3.8) is 0 Å². The van der Waals surface area contributed by atoms with Gasteiger partial charge in [0.2, 0.25) is 10.0 Å². The number of likely N-dealkylation sites (tertiary alicyclic amines) is 1. The van der Waals surface area contributed by atoms with E-state index in [-0.39, 0.29) is 10.9 Å². The van der Waals surface area contributed by atoms with Crippen LogP contribution in [0.25, 0.3) is 0 Å². The highest BCUT2D eigenvalue weighted by molar-refractivity contribution is 7.89. The number of sulfonamides is 1. The predicted molar refractivity (Wildman–Crippen MR) is 94.5 cm³/mol. The standard InChI is InChI=1S/C16H19ClN2O2S2/c17-14-4-3-5-15(10-14)23(20,21)18-11-16(13-6-9-22-12-13)19-7-1-2-8-19/h3-6,9-10,12,16,18H,1-2,7-8,11H2/t16-/m1/s1. The van der Waals surface area contributed by atoms with E-state index in [1.807, 2.05) is 5.38 Å². The second-order valence-electron chi connectivity index (χ2n) is 5.62. The van der Waals surface area contributed by atoms with E-state index < -0.39 is 10.0 Å². The molecule has 0 saturated carbocycles. The van der Waals surface area contributed by atoms with Gasteiger partial charge >= 0.3 is 0 Å². The maximum atomic E-state index is 12.5. The first-order valence-corrected chi connectivity index (χ1v) is 10.4. The van der Waals surface area contributed by atoms with Gasteiger partial charge in [0.25, 0.3) is 0 Å². The summed E-state index contributed by atoms with van der Waals surface area (Å²) >= 11 is 7.54. The molecule has 1 saturated heterocycles. The zero-order valence-corrected chi connectivity index (χ0v) is 15.0. The smallest absolute Gasteiger partial charge is 0.240 e. The highest BCUT2D eigenvalue weighted by atomic mass is 35.5. The Morgan fingerprint density at radius 3 is 2.70 bits per heavy atom. The van der Waals surface area contributed by atoms with Crippen LogP contribution in [0.15, 0.2) is 46.0 Å². The van der Waals surface area contributed by atoms with Gasteiger partial charge in [-0.15, -0.1) is 0 Å². The number of nitrogens with zero attached hydrogens (tertiary/aromatic N) is 1. The molecule has 0 bridgehead atoms. The molecule has 3 rings (SSSR count). The van der Waals surface area contributed by atoms with Crippen molar-refractivity contribution in [2.45, 2.75) is 23.8 Å². The van der Waals surface area contributed by atoms with Gasteiger partial charge in [0.05, 0.1) is 4.90 Å². The molecule has 7 heteroatoms. The quantitative estimate of drug-likeness (QED) is 0.846. The lowest BCUT2D eigenvalue weighted by Crippen LogP contribution is -2.36. The molecule has 1 N–H and O–H groups in total. The zero-order valence-electron chi connectivity index (χ0n) is 12.6. The van der Waals surface area contributed by atoms with Crippen molar-refractivity contribution in [1.29, 1.82) is 0 Å². The number of benzene rings is 1. The zero-order chi connectivity index (χ0) is 16.3. The van der Waals surface area contributed by atoms with E-state index in [1.165, 1.54) is 24.5 Å². The second-order valence-corrected chi connectivity index (χ2v) is 8.61. The van der Waals surface area contributed by atoms with Crippen LogP contribution in [0.5, 0.6) is 0 Å². The van der Waals surface area contributed by atoms with Gasteiger partial charge in [-0.05, 0) is 66.5 Å². The van der Waals surface area contributed by atoms with Crippen LogP contribution >= 0.6 is 22.9 Å². The van der Waals surface area contributed by atoms with E-state index in [1.54, 1.807) is 29.5 Å². The third-order valence-corrected chi connectivity index (χ3v) is 6.44. The third-order valence-electron chi connectivity index (χ3n) is 4.08. The second kappa shape index (κ2) is 7.32. The molecule has 1 atom stereocenters. The maximum absolute atomic E-state index is 12.5. The Labute approximate surface area is 146 Å². The Balaban J connectivity index is 1.76. The van der Waals surface area contributed by atoms with Crippen molar-refractivity contribution in [3.05, 3.63) is 51.7 Å². The van der Waals surface area contributed by atoms with E-state index in [4.69, 9.17) is 11.6 Å². The molecule has 1 aromatic carbocycles. The maximum Gasteiger partial charge on any atom is 0.240 e. The van der Waals surface area contributed by atoms with E-state index in [0.717, 1.165) is 13.1 Å². The first kappa shape index (κ1) is 16.9. The Bertz CT molecular complexity index is 741. The summed E-state index contributed by atoms with van der Waals surface area (Å²) in [7, 11) is -3.56. The number of hydrogen-bond donors (Lipinski definition) is 1. The minimum Gasteiger partial charge on any atom is -0.295 e. The van der Waals surface area contributed by atoms with Gasteiger partial charge in [-0.2, -0.15) is 11.3 Å². The molecule has 0 aliphatic carbocycles. The lowest BCUT2D eigenvalue weighted by atomic mass is 10.1. The highest BCUT2D eigenvalue weighted by Gasteiger charge is 2.25. The Morgan fingerprint density at radius 2 is 2.04 bits per heavy atom. The fourth-order valence-corrected chi connectivity index (χ4v) is 4.93. The molecule has 0 unspecified atom stereocenters. The van der Waals surface area contributed by atoms with Gasteiger partial charge in [0.15, 0.2) is 0 Å². The first-order chi connectivity index (χ1) is 11.1. The Morgan fingerprint density at radius 1 is 1.26 bits per heavy atom. The molecule has 1 aromatic heterocycles. The number of halogens is 1. The molecule has 1 fully saturated rings. The van der Waals surface area contributed by atoms with Crippen LogP contribution in [-0.4, -0.2) is 33.0 Å². The summed E-state index contributed by atoms with van der Waals surface area (Å²) in [6.45, 7) is 2.39. The molecule has 0 radical (unpaired) electrons. The molecule has 0 spiro atoms. The lowest BCUT2D eigenvalue weighted by Gasteiger charge is -2.27. The summed E-state index contributed by atoms with van der Waals surface area (Å²) in [5.74, 6) is 0. The van der Waals surface area contributed by atoms with E-state index in [2.05, 4.69) is 21.1 Å². The van der Waals surface area contributed by atoms with E-state index in [9.17, 15) is 8.42 Å². The molecule has 2 aromatic rings. The topological polar surface area (TPSA) is 49.4 Å². The number of thiophene rings is 1. The van der Waals surface area contributed by atoms with Gasteiger partial charge in [-0.25, -0.2) is 13.1 Å². The van der Waals surface area contributed by atoms with Crippen LogP contribution in [0.1, 0.15) is 24.4 Å². The molecular formula is C16H19ClN2O2S2. The van der Waals surface area contributed by atoms with Crippen molar-refractivity contribution in [1.82, 2.24) is 9.62 Å². The largest absolute Gasteiger partial charge is 0.295 e. The lowest BCUT2D eigenvalue weighted by molar-refractivity contribution is 0.247. The van der Waals surface area contributed by atoms with Gasteiger partial charge in [-0.1, -0.05) is 17.7 Å². The summed E-state index contributed by atoms with van der Waals surface area (Å²) < 4.78 is 27.7. The van der Waals surface area contributed by atoms with Crippen LogP contribution in [0.2, 0.25) is 5.02 Å². The SMILES string of the molecule is O=S(=O)(NC[C@H](c1ccsc1)N1CCCC1)c1cccc(Cl)c1. The molecular weight excluding hydrogens is 352 g/mol. The number of nitrogens with one attached hydrogen (secondary N) is 1. The average Bonchev–Trinajstić information content (AvgIpc) is 3.21.